The molecular weight excluding hydrogens is 147 g/mol. The molecule has 0 fully saturated rings. The van der Waals surface area contributed by atoms with Gasteiger partial charge in [-0.15, -0.1) is 0 Å². The average Bonchev–Trinajstić information content (AvgIpc) is 1.83. The summed E-state index contributed by atoms with van der Waals surface area (Å²) in [5.74, 6) is -1.84. The van der Waals surface area contributed by atoms with Crippen LogP contribution in [0.5, 0.6) is 0 Å². The van der Waals surface area contributed by atoms with Crippen LogP contribution in [0.3, 0.4) is 0 Å². The number of carboxylic acids is 1. The summed E-state index contributed by atoms with van der Waals surface area (Å²) in [6.07, 6.45) is 1.55. The number of aliphatic carboxylic acids is 1. The van der Waals surface area contributed by atoms with Crippen LogP contribution in [0.1, 0.15) is 0 Å². The first kappa shape index (κ1) is 12.4. The van der Waals surface area contributed by atoms with E-state index in [1.54, 1.807) is 0 Å². The van der Waals surface area contributed by atoms with Crippen molar-refractivity contribution in [2.24, 2.45) is 0 Å². The topological polar surface area (TPSA) is 63.6 Å². The van der Waals surface area contributed by atoms with Crippen molar-refractivity contribution in [3.8, 4) is 0 Å². The second-order valence-electron chi connectivity index (χ2n) is 1.19. The summed E-state index contributed by atoms with van der Waals surface area (Å²) in [6, 6.07) is 0. The number of carbonyl (C=O) groups is 2. The van der Waals surface area contributed by atoms with Crippen LogP contribution in [0, 0.1) is 0 Å². The van der Waals surface area contributed by atoms with Gasteiger partial charge in [0.15, 0.2) is 0 Å². The van der Waals surface area contributed by atoms with Gasteiger partial charge in [0.1, 0.15) is 0 Å². The Morgan fingerprint density at radius 2 is 1.90 bits per heavy atom. The van der Waals surface area contributed by atoms with Crippen LogP contribution in [0.15, 0.2) is 12.2 Å². The van der Waals surface area contributed by atoms with E-state index >= 15 is 0 Å². The SMILES string of the molecule is COC(=O)/C=C\C(=O)O.[NaH]. The van der Waals surface area contributed by atoms with Gasteiger partial charge >= 0.3 is 41.5 Å². The molecule has 1 N–H and O–H groups in total. The number of esters is 1. The van der Waals surface area contributed by atoms with Crippen LogP contribution in [0.2, 0.25) is 0 Å². The molecule has 0 spiro atoms. The van der Waals surface area contributed by atoms with Gasteiger partial charge in [0, 0.05) is 12.2 Å². The molecule has 0 saturated heterocycles. The summed E-state index contributed by atoms with van der Waals surface area (Å²) in [4.78, 5) is 19.9. The maximum atomic E-state index is 10.1. The first-order valence-electron chi connectivity index (χ1n) is 2.15. The van der Waals surface area contributed by atoms with Crippen molar-refractivity contribution < 1.29 is 19.4 Å². The third-order valence-corrected chi connectivity index (χ3v) is 0.563. The van der Waals surface area contributed by atoms with E-state index in [1.807, 2.05) is 0 Å². The number of rotatable bonds is 2. The third-order valence-electron chi connectivity index (χ3n) is 0.563. The Labute approximate surface area is 80.2 Å². The van der Waals surface area contributed by atoms with Gasteiger partial charge in [0.25, 0.3) is 0 Å². The molecule has 0 amide bonds. The molecule has 0 unspecified atom stereocenters. The summed E-state index contributed by atoms with van der Waals surface area (Å²) < 4.78 is 4.11. The molecule has 0 aromatic rings. The molecule has 0 bridgehead atoms. The standard InChI is InChI=1S/C5H6O4.Na.H/c1-9-5(8)3-2-4(6)7;;/h2-3H,1H3,(H,6,7);;/b3-2-;;. The quantitative estimate of drug-likeness (QED) is 0.319. The average molecular weight is 154 g/mol. The molecule has 0 atom stereocenters. The van der Waals surface area contributed by atoms with Crippen molar-refractivity contribution in [3.63, 3.8) is 0 Å². The van der Waals surface area contributed by atoms with Crippen LogP contribution in [0.4, 0.5) is 0 Å². The van der Waals surface area contributed by atoms with Crippen molar-refractivity contribution in [3.05, 3.63) is 12.2 Å². The summed E-state index contributed by atoms with van der Waals surface area (Å²) in [5.41, 5.74) is 0. The normalized spacial score (nSPS) is 8.50. The molecular formula is C5H7NaO4. The molecule has 0 aliphatic carbocycles. The predicted molar refractivity (Wildman–Crippen MR) is 35.9 cm³/mol. The fourth-order valence-electron chi connectivity index (χ4n) is 0.207. The summed E-state index contributed by atoms with van der Waals surface area (Å²) in [6.45, 7) is 0. The predicted octanol–water partition coefficient (Wildman–Crippen LogP) is -0.848. The molecule has 4 nitrogen and oxygen atoms in total. The van der Waals surface area contributed by atoms with Crippen LogP contribution < -0.4 is 0 Å². The van der Waals surface area contributed by atoms with E-state index in [4.69, 9.17) is 5.11 Å². The second-order valence-corrected chi connectivity index (χ2v) is 1.19. The molecule has 0 rings (SSSR count). The summed E-state index contributed by atoms with van der Waals surface area (Å²) in [7, 11) is 1.18. The fraction of sp³-hybridized carbons (Fsp3) is 0.200. The molecule has 0 heterocycles. The Morgan fingerprint density at radius 3 is 2.20 bits per heavy atom. The van der Waals surface area contributed by atoms with E-state index in [0.29, 0.717) is 6.08 Å². The minimum absolute atomic E-state index is 0. The van der Waals surface area contributed by atoms with Gasteiger partial charge in [0.2, 0.25) is 0 Å². The monoisotopic (exact) mass is 154 g/mol. The molecule has 10 heavy (non-hydrogen) atoms. The van der Waals surface area contributed by atoms with E-state index in [0.717, 1.165) is 6.08 Å². The van der Waals surface area contributed by atoms with Crippen LogP contribution in [-0.4, -0.2) is 53.7 Å². The molecule has 5 heteroatoms. The first-order chi connectivity index (χ1) is 4.16. The zero-order valence-electron chi connectivity index (χ0n) is 4.83. The number of hydrogen-bond donors (Lipinski definition) is 1. The Bertz CT molecular complexity index is 152. The zero-order valence-corrected chi connectivity index (χ0v) is 4.83. The Balaban J connectivity index is 0. The van der Waals surface area contributed by atoms with E-state index < -0.39 is 11.9 Å². The van der Waals surface area contributed by atoms with Crippen LogP contribution in [0.25, 0.3) is 0 Å². The number of carbonyl (C=O) groups excluding carboxylic acids is 1. The molecule has 0 aromatic heterocycles. The maximum absolute atomic E-state index is 10.1. The zero-order chi connectivity index (χ0) is 7.28. The van der Waals surface area contributed by atoms with Gasteiger partial charge in [-0.1, -0.05) is 0 Å². The fourth-order valence-corrected chi connectivity index (χ4v) is 0.207. The molecule has 52 valence electrons. The van der Waals surface area contributed by atoms with E-state index in [9.17, 15) is 9.59 Å². The second kappa shape index (κ2) is 6.80. The Kier molecular flexibility index (Phi) is 8.40. The first-order valence-corrected chi connectivity index (χ1v) is 2.15. The number of carboxylic acid groups (broad SMARTS) is 1. The third kappa shape index (κ3) is 7.68. The minimum atomic E-state index is -1.17. The van der Waals surface area contributed by atoms with Gasteiger partial charge in [-0.3, -0.25) is 0 Å². The van der Waals surface area contributed by atoms with Crippen molar-refractivity contribution >= 4 is 41.5 Å². The molecule has 0 aliphatic heterocycles. The molecule has 0 radical (unpaired) electrons. The number of ether oxygens (including phenoxy) is 1. The van der Waals surface area contributed by atoms with Gasteiger partial charge in [-0.25, -0.2) is 9.59 Å². The van der Waals surface area contributed by atoms with Gasteiger partial charge in [-0.2, -0.15) is 0 Å². The Morgan fingerprint density at radius 1 is 1.40 bits per heavy atom. The van der Waals surface area contributed by atoms with Crippen LogP contribution >= 0.6 is 0 Å². The van der Waals surface area contributed by atoms with E-state index in [-0.39, 0.29) is 29.6 Å². The van der Waals surface area contributed by atoms with Gasteiger partial charge in [0.05, 0.1) is 7.11 Å². The molecule has 0 aliphatic rings. The van der Waals surface area contributed by atoms with E-state index in [2.05, 4.69) is 4.74 Å². The molecule has 0 aromatic carbocycles. The van der Waals surface area contributed by atoms with Crippen molar-refractivity contribution in [2.75, 3.05) is 7.11 Å². The van der Waals surface area contributed by atoms with E-state index in [1.165, 1.54) is 7.11 Å². The van der Waals surface area contributed by atoms with Crippen LogP contribution in [-0.2, 0) is 14.3 Å². The summed E-state index contributed by atoms with van der Waals surface area (Å²) >= 11 is 0. The van der Waals surface area contributed by atoms with Crippen molar-refractivity contribution in [2.45, 2.75) is 0 Å². The van der Waals surface area contributed by atoms with Gasteiger partial charge in [-0.05, 0) is 0 Å². The van der Waals surface area contributed by atoms with Crippen molar-refractivity contribution in [1.82, 2.24) is 0 Å². The van der Waals surface area contributed by atoms with Gasteiger partial charge < -0.3 is 9.84 Å². The number of hydrogen-bond acceptors (Lipinski definition) is 3. The Hall–Kier alpha value is -0.320. The summed E-state index contributed by atoms with van der Waals surface area (Å²) in [5, 5.41) is 7.96. The molecule has 0 saturated carbocycles. The van der Waals surface area contributed by atoms with Crippen molar-refractivity contribution in [1.29, 1.82) is 0 Å². The number of methoxy groups -OCH3 is 1.